The molecule has 1 aliphatic rings. The zero-order valence-corrected chi connectivity index (χ0v) is 12.4. The Hall–Kier alpha value is -1.67. The minimum absolute atomic E-state index is 0.309. The Balaban J connectivity index is 1.76. The molecule has 0 saturated carbocycles. The van der Waals surface area contributed by atoms with Gasteiger partial charge in [0, 0.05) is 36.0 Å². The van der Waals surface area contributed by atoms with Crippen LogP contribution in [0.15, 0.2) is 42.9 Å². The molecular weight excluding hydrogens is 304 g/mol. The van der Waals surface area contributed by atoms with Gasteiger partial charge in [0.2, 0.25) is 0 Å². The van der Waals surface area contributed by atoms with Crippen LogP contribution in [0.1, 0.15) is 0 Å². The van der Waals surface area contributed by atoms with Crippen LogP contribution in [0.5, 0.6) is 5.75 Å². The zero-order valence-electron chi connectivity index (χ0n) is 11.6. The van der Waals surface area contributed by atoms with Crippen LogP contribution in [-0.4, -0.2) is 54.8 Å². The summed E-state index contributed by atoms with van der Waals surface area (Å²) in [5.74, 6) is 0.845. The number of nitrogens with zero attached hydrogens (tertiary/aromatic N) is 2. The Morgan fingerprint density at radius 1 is 1.14 bits per heavy atom. The fourth-order valence-electron chi connectivity index (χ4n) is 2.17. The van der Waals surface area contributed by atoms with Crippen LogP contribution in [-0.2, 0) is 0 Å². The van der Waals surface area contributed by atoms with Gasteiger partial charge in [0.1, 0.15) is 18.0 Å². The van der Waals surface area contributed by atoms with E-state index in [9.17, 15) is 15.3 Å². The molecule has 3 heterocycles. The summed E-state index contributed by atoms with van der Waals surface area (Å²) in [7, 11) is 0. The lowest BCUT2D eigenvalue weighted by Gasteiger charge is -2.34. The van der Waals surface area contributed by atoms with Gasteiger partial charge in [0.25, 0.3) is 0 Å². The highest BCUT2D eigenvalue weighted by Gasteiger charge is 2.38. The van der Waals surface area contributed by atoms with Gasteiger partial charge < -0.3 is 20.1 Å². The van der Waals surface area contributed by atoms with E-state index in [0.717, 1.165) is 5.56 Å². The van der Waals surface area contributed by atoms with Crippen molar-refractivity contribution in [2.75, 3.05) is 5.75 Å². The maximum Gasteiger partial charge on any atom is 0.173 e. The highest BCUT2D eigenvalue weighted by molar-refractivity contribution is 7.99. The van der Waals surface area contributed by atoms with Crippen LogP contribution in [0.3, 0.4) is 0 Å². The SMILES string of the molecule is O[C@@H]1[C@@H](O)[C@H](Oc2ccnc(-c3cccnc3)c2)SC[C@H]1O. The van der Waals surface area contributed by atoms with Crippen molar-refractivity contribution in [2.24, 2.45) is 0 Å². The van der Waals surface area contributed by atoms with Crippen LogP contribution >= 0.6 is 11.8 Å². The van der Waals surface area contributed by atoms with Crippen molar-refractivity contribution in [1.82, 2.24) is 9.97 Å². The van der Waals surface area contributed by atoms with Crippen molar-refractivity contribution in [3.8, 4) is 17.0 Å². The smallest absolute Gasteiger partial charge is 0.173 e. The number of ether oxygens (including phenoxy) is 1. The van der Waals surface area contributed by atoms with Crippen molar-refractivity contribution < 1.29 is 20.1 Å². The Kier molecular flexibility index (Phi) is 4.58. The number of thioether (sulfide) groups is 1. The van der Waals surface area contributed by atoms with Crippen molar-refractivity contribution in [3.63, 3.8) is 0 Å². The van der Waals surface area contributed by atoms with Gasteiger partial charge in [-0.05, 0) is 18.2 Å². The van der Waals surface area contributed by atoms with Crippen molar-refractivity contribution in [2.45, 2.75) is 23.7 Å². The molecular formula is C15H16N2O4S. The van der Waals surface area contributed by atoms with E-state index in [-0.39, 0.29) is 0 Å². The van der Waals surface area contributed by atoms with Crippen molar-refractivity contribution in [3.05, 3.63) is 42.9 Å². The van der Waals surface area contributed by atoms with Gasteiger partial charge in [-0.15, -0.1) is 11.8 Å². The first-order valence-electron chi connectivity index (χ1n) is 6.84. The second-order valence-corrected chi connectivity index (χ2v) is 6.12. The standard InChI is InChI=1S/C15H16N2O4S/c18-12-8-22-15(14(20)13(12)19)21-10-3-5-17-11(6-10)9-2-1-4-16-7-9/h1-7,12-15,18-20H,8H2/t12-,13+,14-,15-/m1/s1. The maximum atomic E-state index is 9.97. The van der Waals surface area contributed by atoms with Crippen molar-refractivity contribution >= 4 is 11.8 Å². The number of pyridine rings is 2. The lowest BCUT2D eigenvalue weighted by molar-refractivity contribution is -0.0786. The summed E-state index contributed by atoms with van der Waals surface area (Å²) in [5, 5.41) is 29.2. The van der Waals surface area contributed by atoms with Crippen LogP contribution in [0, 0.1) is 0 Å². The molecule has 0 bridgehead atoms. The van der Waals surface area contributed by atoms with Gasteiger partial charge >= 0.3 is 0 Å². The van der Waals surface area contributed by atoms with Gasteiger partial charge in [0.05, 0.1) is 11.8 Å². The summed E-state index contributed by atoms with van der Waals surface area (Å²) < 4.78 is 5.73. The quantitative estimate of drug-likeness (QED) is 0.765. The summed E-state index contributed by atoms with van der Waals surface area (Å²) >= 11 is 1.26. The first kappa shape index (κ1) is 15.2. The number of rotatable bonds is 3. The first-order chi connectivity index (χ1) is 10.6. The summed E-state index contributed by atoms with van der Waals surface area (Å²) in [5.41, 5.74) is 0.935. The second kappa shape index (κ2) is 6.62. The van der Waals surface area contributed by atoms with E-state index in [1.54, 1.807) is 30.7 Å². The predicted molar refractivity (Wildman–Crippen MR) is 82.4 cm³/mol. The molecule has 1 saturated heterocycles. The van der Waals surface area contributed by atoms with E-state index in [1.807, 2.05) is 12.1 Å². The third-order valence-electron chi connectivity index (χ3n) is 3.40. The molecule has 2 aromatic heterocycles. The molecule has 4 atom stereocenters. The second-order valence-electron chi connectivity index (χ2n) is 4.99. The molecule has 7 heteroatoms. The molecule has 0 spiro atoms. The van der Waals surface area contributed by atoms with Gasteiger partial charge in [-0.2, -0.15) is 0 Å². The Morgan fingerprint density at radius 3 is 2.77 bits per heavy atom. The molecule has 0 unspecified atom stereocenters. The summed E-state index contributed by atoms with van der Waals surface area (Å²) in [6.45, 7) is 0. The summed E-state index contributed by atoms with van der Waals surface area (Å²) in [6, 6.07) is 7.15. The van der Waals surface area contributed by atoms with Crippen LogP contribution < -0.4 is 4.74 Å². The highest BCUT2D eigenvalue weighted by atomic mass is 32.2. The van der Waals surface area contributed by atoms with E-state index in [4.69, 9.17) is 4.74 Å². The molecule has 0 radical (unpaired) electrons. The third-order valence-corrected chi connectivity index (χ3v) is 4.63. The largest absolute Gasteiger partial charge is 0.477 e. The molecule has 3 rings (SSSR count). The van der Waals surface area contributed by atoms with Crippen LogP contribution in [0.4, 0.5) is 0 Å². The molecule has 116 valence electrons. The monoisotopic (exact) mass is 320 g/mol. The Morgan fingerprint density at radius 2 is 2.00 bits per heavy atom. The normalized spacial score (nSPS) is 28.3. The molecule has 0 amide bonds. The molecule has 1 fully saturated rings. The molecule has 3 N–H and O–H groups in total. The lowest BCUT2D eigenvalue weighted by atomic mass is 10.1. The predicted octanol–water partition coefficient (Wildman–Crippen LogP) is 0.678. The average Bonchev–Trinajstić information content (AvgIpc) is 2.57. The molecule has 0 aromatic carbocycles. The fourth-order valence-corrected chi connectivity index (χ4v) is 3.30. The third kappa shape index (κ3) is 3.22. The van der Waals surface area contributed by atoms with Crippen LogP contribution in [0.25, 0.3) is 11.3 Å². The Bertz CT molecular complexity index is 628. The van der Waals surface area contributed by atoms with Crippen LogP contribution in [0.2, 0.25) is 0 Å². The van der Waals surface area contributed by atoms with Gasteiger partial charge in [-0.25, -0.2) is 0 Å². The minimum atomic E-state index is -1.20. The first-order valence-corrected chi connectivity index (χ1v) is 7.89. The fraction of sp³-hybridized carbons (Fsp3) is 0.333. The number of aliphatic hydroxyl groups excluding tert-OH is 3. The van der Waals surface area contributed by atoms with E-state index in [0.29, 0.717) is 17.2 Å². The van der Waals surface area contributed by atoms with E-state index >= 15 is 0 Å². The average molecular weight is 320 g/mol. The molecule has 0 aliphatic carbocycles. The highest BCUT2D eigenvalue weighted by Crippen LogP contribution is 2.30. The van der Waals surface area contributed by atoms with Gasteiger partial charge in [-0.3, -0.25) is 9.97 Å². The molecule has 22 heavy (non-hydrogen) atoms. The number of aliphatic hydroxyl groups is 3. The topological polar surface area (TPSA) is 95.7 Å². The Labute approximate surface area is 131 Å². The van der Waals surface area contributed by atoms with E-state index in [2.05, 4.69) is 9.97 Å². The number of aromatic nitrogens is 2. The summed E-state index contributed by atoms with van der Waals surface area (Å²) in [6.07, 6.45) is 1.71. The minimum Gasteiger partial charge on any atom is -0.477 e. The number of hydrogen-bond acceptors (Lipinski definition) is 7. The maximum absolute atomic E-state index is 9.97. The zero-order chi connectivity index (χ0) is 15.5. The van der Waals surface area contributed by atoms with E-state index in [1.165, 1.54) is 11.8 Å². The van der Waals surface area contributed by atoms with Gasteiger partial charge in [0.15, 0.2) is 5.44 Å². The lowest BCUT2D eigenvalue weighted by Crippen LogP contribution is -2.50. The number of hydrogen-bond donors (Lipinski definition) is 3. The summed E-state index contributed by atoms with van der Waals surface area (Å²) in [4.78, 5) is 8.32. The molecule has 1 aliphatic heterocycles. The molecule has 6 nitrogen and oxygen atoms in total. The van der Waals surface area contributed by atoms with Crippen molar-refractivity contribution in [1.29, 1.82) is 0 Å². The molecule has 2 aromatic rings. The van der Waals surface area contributed by atoms with E-state index < -0.39 is 23.7 Å². The van der Waals surface area contributed by atoms with Gasteiger partial charge in [-0.1, -0.05) is 0 Å².